The monoisotopic (exact) mass is 450 g/mol. The summed E-state index contributed by atoms with van der Waals surface area (Å²) in [6, 6.07) is 10.4. The predicted molar refractivity (Wildman–Crippen MR) is 97.4 cm³/mol. The lowest BCUT2D eigenvalue weighted by Crippen LogP contribution is -3.00. The van der Waals surface area contributed by atoms with Crippen molar-refractivity contribution < 1.29 is 33.6 Å². The normalized spacial score (nSPS) is 32.2. The molecule has 5 atom stereocenters. The van der Waals surface area contributed by atoms with Gasteiger partial charge in [-0.1, -0.05) is 24.3 Å². The molecule has 1 N–H and O–H groups in total. The number of rotatable bonds is 4. The number of hydrogen-bond acceptors (Lipinski definition) is 2. The average Bonchev–Trinajstić information content (AvgIpc) is 2.67. The van der Waals surface area contributed by atoms with E-state index in [-0.39, 0.29) is 30.0 Å². The summed E-state index contributed by atoms with van der Waals surface area (Å²) in [5, 5.41) is 12.4. The number of quaternary nitrogens is 1. The number of halogens is 1. The lowest BCUT2D eigenvalue weighted by Gasteiger charge is -2.57. The Labute approximate surface area is 167 Å². The second-order valence-electron chi connectivity index (χ2n) is 7.55. The molecule has 4 heterocycles. The van der Waals surface area contributed by atoms with Gasteiger partial charge < -0.3 is 33.6 Å². The van der Waals surface area contributed by atoms with Gasteiger partial charge in [0.05, 0.1) is 25.2 Å². The van der Waals surface area contributed by atoms with Crippen LogP contribution in [0.5, 0.6) is 0 Å². The molecule has 0 aliphatic carbocycles. The third-order valence-corrected chi connectivity index (χ3v) is 6.67. The number of pyridine rings is 1. The number of hydrogen-bond donors (Lipinski definition) is 1. The summed E-state index contributed by atoms with van der Waals surface area (Å²) in [4.78, 5) is 4.45. The Morgan fingerprint density at radius 2 is 2.16 bits per heavy atom. The highest BCUT2D eigenvalue weighted by atomic mass is 127. The summed E-state index contributed by atoms with van der Waals surface area (Å²) in [5.74, 6) is 1.29. The van der Waals surface area contributed by atoms with Gasteiger partial charge in [0.15, 0.2) is 0 Å². The number of fused-ring (bicyclic) bond motifs is 4. The first kappa shape index (κ1) is 18.8. The molecule has 0 saturated carbocycles. The fourth-order valence-corrected chi connectivity index (χ4v) is 5.23. The summed E-state index contributed by atoms with van der Waals surface area (Å²) in [6.07, 6.45) is 5.93. The molecule has 2 bridgehead atoms. The number of likely N-dealkylation sites (N-methyl/N-ethyl adjacent to an activating group) is 1. The van der Waals surface area contributed by atoms with Crippen molar-refractivity contribution in [2.45, 2.75) is 31.9 Å². The minimum absolute atomic E-state index is 0. The molecule has 0 radical (unpaired) electrons. The van der Waals surface area contributed by atoms with E-state index < -0.39 is 6.10 Å². The van der Waals surface area contributed by atoms with E-state index >= 15 is 0 Å². The largest absolute Gasteiger partial charge is 1.00 e. The molecule has 0 amide bonds. The first-order chi connectivity index (χ1) is 11.7. The van der Waals surface area contributed by atoms with Gasteiger partial charge in [-0.15, -0.1) is 6.58 Å². The molecule has 3 aliphatic heterocycles. The van der Waals surface area contributed by atoms with Crippen LogP contribution in [-0.4, -0.2) is 40.2 Å². The van der Waals surface area contributed by atoms with Gasteiger partial charge >= 0.3 is 0 Å². The summed E-state index contributed by atoms with van der Waals surface area (Å²) < 4.78 is 1.03. The molecular formula is C21H27IN2O. The van der Waals surface area contributed by atoms with E-state index in [2.05, 4.69) is 30.6 Å². The van der Waals surface area contributed by atoms with Crippen molar-refractivity contribution in [3.63, 3.8) is 0 Å². The summed E-state index contributed by atoms with van der Waals surface area (Å²) in [7, 11) is 0. The fourth-order valence-electron chi connectivity index (χ4n) is 5.23. The minimum Gasteiger partial charge on any atom is -1.00 e. The maximum atomic E-state index is 11.4. The third-order valence-electron chi connectivity index (χ3n) is 6.67. The van der Waals surface area contributed by atoms with Crippen LogP contribution in [-0.2, 0) is 0 Å². The van der Waals surface area contributed by atoms with Crippen LogP contribution >= 0.6 is 0 Å². The van der Waals surface area contributed by atoms with Crippen molar-refractivity contribution >= 4 is 10.9 Å². The van der Waals surface area contributed by atoms with Crippen molar-refractivity contribution in [2.75, 3.05) is 19.6 Å². The van der Waals surface area contributed by atoms with Gasteiger partial charge in [0, 0.05) is 30.3 Å². The van der Waals surface area contributed by atoms with Crippen LogP contribution in [0.2, 0.25) is 0 Å². The van der Waals surface area contributed by atoms with E-state index in [1.807, 2.05) is 30.5 Å². The molecule has 1 aromatic heterocycles. The van der Waals surface area contributed by atoms with Crippen molar-refractivity contribution in [1.29, 1.82) is 0 Å². The number of aliphatic hydroxyl groups excluding tert-OH is 1. The number of nitrogens with zero attached hydrogens (tertiary/aromatic N) is 2. The lowest BCUT2D eigenvalue weighted by molar-refractivity contribution is -0.971. The van der Waals surface area contributed by atoms with Crippen LogP contribution in [0.15, 0.2) is 49.2 Å². The fraction of sp³-hybridized carbons (Fsp3) is 0.476. The maximum Gasteiger partial charge on any atom is 0.131 e. The molecular weight excluding hydrogens is 423 g/mol. The van der Waals surface area contributed by atoms with Crippen LogP contribution in [0.1, 0.15) is 31.4 Å². The lowest BCUT2D eigenvalue weighted by atomic mass is 9.71. The van der Waals surface area contributed by atoms with E-state index in [1.54, 1.807) is 0 Å². The summed E-state index contributed by atoms with van der Waals surface area (Å²) in [5.41, 5.74) is 2.01. The Kier molecular flexibility index (Phi) is 5.51. The number of aromatic nitrogens is 1. The zero-order valence-electron chi connectivity index (χ0n) is 14.8. The molecule has 1 aromatic carbocycles. The highest BCUT2D eigenvalue weighted by Gasteiger charge is 2.53. The Morgan fingerprint density at radius 3 is 2.92 bits per heavy atom. The molecule has 25 heavy (non-hydrogen) atoms. The molecule has 3 saturated heterocycles. The van der Waals surface area contributed by atoms with Gasteiger partial charge in [0.2, 0.25) is 0 Å². The summed E-state index contributed by atoms with van der Waals surface area (Å²) >= 11 is 0. The topological polar surface area (TPSA) is 33.1 Å². The Bertz CT molecular complexity index is 759. The molecule has 134 valence electrons. The van der Waals surface area contributed by atoms with Crippen molar-refractivity contribution in [3.8, 4) is 0 Å². The molecule has 2 aromatic rings. The SMILES string of the molecule is C=CC1C[N+]2(CC)CCC1C[C@@H]2[C@@H](O)c1ccnc2ccccc12.[I-]. The van der Waals surface area contributed by atoms with Crippen LogP contribution < -0.4 is 24.0 Å². The number of aliphatic hydroxyl groups is 1. The Balaban J connectivity index is 0.00000182. The Morgan fingerprint density at radius 1 is 1.36 bits per heavy atom. The number of piperidine rings is 3. The zero-order valence-corrected chi connectivity index (χ0v) is 17.0. The van der Waals surface area contributed by atoms with Crippen molar-refractivity contribution in [3.05, 3.63) is 54.7 Å². The van der Waals surface area contributed by atoms with Crippen molar-refractivity contribution in [1.82, 2.24) is 4.98 Å². The van der Waals surface area contributed by atoms with Gasteiger partial charge in [-0.05, 0) is 30.5 Å². The highest BCUT2D eigenvalue weighted by molar-refractivity contribution is 5.82. The smallest absolute Gasteiger partial charge is 0.131 e. The Hall–Kier alpha value is -0.980. The molecule has 0 spiro atoms. The highest BCUT2D eigenvalue weighted by Crippen LogP contribution is 2.46. The predicted octanol–water partition coefficient (Wildman–Crippen LogP) is 0.703. The first-order valence-corrected chi connectivity index (χ1v) is 9.18. The van der Waals surface area contributed by atoms with Crippen molar-refractivity contribution in [2.24, 2.45) is 11.8 Å². The molecule has 4 heteroatoms. The van der Waals surface area contributed by atoms with Crippen LogP contribution in [0, 0.1) is 11.8 Å². The minimum atomic E-state index is -0.425. The van der Waals surface area contributed by atoms with E-state index in [9.17, 15) is 5.11 Å². The third kappa shape index (κ3) is 3.02. The van der Waals surface area contributed by atoms with E-state index in [1.165, 1.54) is 13.0 Å². The van der Waals surface area contributed by atoms with Gasteiger partial charge in [-0.3, -0.25) is 4.98 Å². The van der Waals surface area contributed by atoms with E-state index in [0.717, 1.165) is 40.5 Å². The maximum absolute atomic E-state index is 11.4. The average molecular weight is 450 g/mol. The second-order valence-corrected chi connectivity index (χ2v) is 7.55. The number of benzene rings is 1. The summed E-state index contributed by atoms with van der Waals surface area (Å²) in [6.45, 7) is 9.74. The van der Waals surface area contributed by atoms with Crippen LogP contribution in [0.25, 0.3) is 10.9 Å². The van der Waals surface area contributed by atoms with Crippen LogP contribution in [0.3, 0.4) is 0 Å². The quantitative estimate of drug-likeness (QED) is 0.423. The van der Waals surface area contributed by atoms with Gasteiger partial charge in [0.1, 0.15) is 12.1 Å². The molecule has 3 nitrogen and oxygen atoms in total. The first-order valence-electron chi connectivity index (χ1n) is 9.18. The molecule has 3 aliphatic rings. The van der Waals surface area contributed by atoms with Gasteiger partial charge in [-0.2, -0.15) is 0 Å². The molecule has 5 rings (SSSR count). The molecule has 3 unspecified atom stereocenters. The number of para-hydroxylation sites is 1. The van der Waals surface area contributed by atoms with E-state index in [4.69, 9.17) is 0 Å². The van der Waals surface area contributed by atoms with Crippen LogP contribution in [0.4, 0.5) is 0 Å². The zero-order chi connectivity index (χ0) is 16.7. The second kappa shape index (κ2) is 7.33. The standard InChI is InChI=1S/C21H27N2O.HI/c1-3-15-14-23(4-2)12-10-16(15)13-20(23)21(24)18-9-11-22-19-8-6-5-7-17(18)19;/h3,5-9,11,15-16,20-21,24H,1,4,10,12-14H2,2H3;1H/q+1;/p-1/t15?,16?,20-,21+,23?;/m1./s1. The van der Waals surface area contributed by atoms with Gasteiger partial charge in [0.25, 0.3) is 0 Å². The van der Waals surface area contributed by atoms with Gasteiger partial charge in [-0.25, -0.2) is 0 Å². The van der Waals surface area contributed by atoms with E-state index in [0.29, 0.717) is 11.8 Å². The molecule has 3 fully saturated rings.